The van der Waals surface area contributed by atoms with Crippen molar-refractivity contribution in [2.75, 3.05) is 13.1 Å². The van der Waals surface area contributed by atoms with Crippen LogP contribution in [0.5, 0.6) is 0 Å². The minimum atomic E-state index is 0.168. The molecule has 2 N–H and O–H groups in total. The van der Waals surface area contributed by atoms with Gasteiger partial charge in [-0.1, -0.05) is 34.6 Å². The fourth-order valence-corrected chi connectivity index (χ4v) is 2.94. The molecule has 1 fully saturated rings. The molecule has 0 aliphatic heterocycles. The molecule has 18 heavy (non-hydrogen) atoms. The molecule has 1 rings (SSSR count). The van der Waals surface area contributed by atoms with Crippen LogP contribution in [0.25, 0.3) is 0 Å². The van der Waals surface area contributed by atoms with Gasteiger partial charge in [-0.15, -0.1) is 0 Å². The van der Waals surface area contributed by atoms with Crippen molar-refractivity contribution >= 4 is 5.91 Å². The van der Waals surface area contributed by atoms with E-state index in [4.69, 9.17) is 0 Å². The molecule has 0 bridgehead atoms. The second kappa shape index (κ2) is 6.55. The third-order valence-corrected chi connectivity index (χ3v) is 3.80. The van der Waals surface area contributed by atoms with Gasteiger partial charge in [0.1, 0.15) is 0 Å². The molecule has 1 aliphatic rings. The quantitative estimate of drug-likeness (QED) is 0.765. The van der Waals surface area contributed by atoms with E-state index in [0.29, 0.717) is 23.8 Å². The number of rotatable bonds is 6. The summed E-state index contributed by atoms with van der Waals surface area (Å²) >= 11 is 0. The van der Waals surface area contributed by atoms with Crippen molar-refractivity contribution in [1.82, 2.24) is 10.6 Å². The summed E-state index contributed by atoms with van der Waals surface area (Å²) in [4.78, 5) is 11.6. The van der Waals surface area contributed by atoms with Crippen molar-refractivity contribution in [3.05, 3.63) is 0 Å². The maximum atomic E-state index is 11.6. The lowest BCUT2D eigenvalue weighted by Gasteiger charge is -2.18. The van der Waals surface area contributed by atoms with Crippen LogP contribution in [-0.2, 0) is 4.79 Å². The number of hydrogen-bond donors (Lipinski definition) is 2. The average Bonchev–Trinajstić information content (AvgIpc) is 2.49. The summed E-state index contributed by atoms with van der Waals surface area (Å²) in [6.07, 6.45) is 3.10. The lowest BCUT2D eigenvalue weighted by molar-refractivity contribution is -0.121. The molecule has 0 aromatic carbocycles. The van der Waals surface area contributed by atoms with Crippen molar-refractivity contribution < 1.29 is 4.79 Å². The number of hydrogen-bond acceptors (Lipinski definition) is 2. The van der Waals surface area contributed by atoms with Gasteiger partial charge in [0.2, 0.25) is 5.91 Å². The van der Waals surface area contributed by atoms with Crippen LogP contribution in [0.4, 0.5) is 0 Å². The largest absolute Gasteiger partial charge is 0.356 e. The minimum Gasteiger partial charge on any atom is -0.356 e. The van der Waals surface area contributed by atoms with Crippen LogP contribution >= 0.6 is 0 Å². The van der Waals surface area contributed by atoms with E-state index in [2.05, 4.69) is 45.3 Å². The van der Waals surface area contributed by atoms with E-state index >= 15 is 0 Å². The van der Waals surface area contributed by atoms with E-state index < -0.39 is 0 Å². The Morgan fingerprint density at radius 1 is 1.33 bits per heavy atom. The fraction of sp³-hybridized carbons (Fsp3) is 0.933. The summed E-state index contributed by atoms with van der Waals surface area (Å²) in [5.74, 6) is 1.41. The molecule has 0 aromatic rings. The number of carbonyl (C=O) groups is 1. The Morgan fingerprint density at radius 2 is 2.00 bits per heavy atom. The maximum absolute atomic E-state index is 11.6. The monoisotopic (exact) mass is 254 g/mol. The lowest BCUT2D eigenvalue weighted by atomic mass is 9.91. The molecule has 1 amide bonds. The smallest absolute Gasteiger partial charge is 0.221 e. The van der Waals surface area contributed by atoms with Gasteiger partial charge in [0, 0.05) is 25.6 Å². The third-order valence-electron chi connectivity index (χ3n) is 3.80. The fourth-order valence-electron chi connectivity index (χ4n) is 2.94. The second-order valence-electron chi connectivity index (χ2n) is 7.06. The highest BCUT2D eigenvalue weighted by atomic mass is 16.1. The predicted molar refractivity (Wildman–Crippen MR) is 76.4 cm³/mol. The van der Waals surface area contributed by atoms with Gasteiger partial charge in [-0.2, -0.15) is 0 Å². The molecule has 2 atom stereocenters. The zero-order valence-corrected chi connectivity index (χ0v) is 12.7. The van der Waals surface area contributed by atoms with Crippen molar-refractivity contribution in [2.45, 2.75) is 59.9 Å². The van der Waals surface area contributed by atoms with Gasteiger partial charge in [-0.05, 0) is 30.1 Å². The van der Waals surface area contributed by atoms with Crippen LogP contribution in [0.15, 0.2) is 0 Å². The zero-order valence-electron chi connectivity index (χ0n) is 12.7. The Hall–Kier alpha value is -0.570. The third kappa shape index (κ3) is 5.38. The lowest BCUT2D eigenvalue weighted by Crippen LogP contribution is -2.36. The van der Waals surface area contributed by atoms with Crippen molar-refractivity contribution in [3.8, 4) is 0 Å². The Morgan fingerprint density at radius 3 is 2.50 bits per heavy atom. The van der Waals surface area contributed by atoms with Gasteiger partial charge in [-0.25, -0.2) is 0 Å². The molecule has 2 unspecified atom stereocenters. The first-order valence-electron chi connectivity index (χ1n) is 7.30. The highest BCUT2D eigenvalue weighted by Crippen LogP contribution is 2.40. The van der Waals surface area contributed by atoms with Crippen LogP contribution in [0.2, 0.25) is 0 Å². The Bertz CT molecular complexity index is 274. The molecule has 0 saturated heterocycles. The average molecular weight is 254 g/mol. The molecular weight excluding hydrogens is 224 g/mol. The summed E-state index contributed by atoms with van der Waals surface area (Å²) in [6.45, 7) is 12.8. The number of amides is 1. The predicted octanol–water partition coefficient (Wildman–Crippen LogP) is 2.56. The maximum Gasteiger partial charge on any atom is 0.221 e. The first-order chi connectivity index (χ1) is 8.30. The van der Waals surface area contributed by atoms with E-state index in [-0.39, 0.29) is 5.91 Å². The molecule has 0 heterocycles. The van der Waals surface area contributed by atoms with Gasteiger partial charge in [0.15, 0.2) is 0 Å². The summed E-state index contributed by atoms with van der Waals surface area (Å²) in [5.41, 5.74) is 0.455. The molecule has 1 saturated carbocycles. The Kier molecular flexibility index (Phi) is 5.64. The molecule has 3 nitrogen and oxygen atoms in total. The van der Waals surface area contributed by atoms with E-state index in [1.54, 1.807) is 0 Å². The van der Waals surface area contributed by atoms with Gasteiger partial charge in [-0.3, -0.25) is 4.79 Å². The van der Waals surface area contributed by atoms with Crippen LogP contribution in [0.1, 0.15) is 53.9 Å². The zero-order chi connectivity index (χ0) is 13.8. The number of carbonyl (C=O) groups excluding carboxylic acids is 1. The molecule has 1 aliphatic carbocycles. The summed E-state index contributed by atoms with van der Waals surface area (Å²) in [5, 5.41) is 6.50. The summed E-state index contributed by atoms with van der Waals surface area (Å²) in [6, 6.07) is 0.581. The van der Waals surface area contributed by atoms with Crippen molar-refractivity contribution in [2.24, 2.45) is 17.3 Å². The molecule has 106 valence electrons. The first kappa shape index (κ1) is 15.5. The Balaban J connectivity index is 2.16. The standard InChI is InChI=1S/C15H30N2O/c1-11(2)10-17-14(18)6-7-16-13-9-15(4,5)8-12(13)3/h11-13,16H,6-10H2,1-5H3,(H,17,18). The van der Waals surface area contributed by atoms with Gasteiger partial charge in [0.25, 0.3) is 0 Å². The minimum absolute atomic E-state index is 0.168. The van der Waals surface area contributed by atoms with Gasteiger partial charge < -0.3 is 10.6 Å². The van der Waals surface area contributed by atoms with Gasteiger partial charge >= 0.3 is 0 Å². The Labute approximate surface area is 112 Å². The molecule has 0 aromatic heterocycles. The topological polar surface area (TPSA) is 41.1 Å². The van der Waals surface area contributed by atoms with Crippen LogP contribution < -0.4 is 10.6 Å². The number of nitrogens with one attached hydrogen (secondary N) is 2. The van der Waals surface area contributed by atoms with Gasteiger partial charge in [0.05, 0.1) is 0 Å². The van der Waals surface area contributed by atoms with Crippen LogP contribution in [0.3, 0.4) is 0 Å². The van der Waals surface area contributed by atoms with E-state index in [1.165, 1.54) is 12.8 Å². The van der Waals surface area contributed by atoms with Crippen molar-refractivity contribution in [1.29, 1.82) is 0 Å². The normalized spacial score (nSPS) is 26.6. The molecular formula is C15H30N2O. The highest BCUT2D eigenvalue weighted by molar-refractivity contribution is 5.76. The second-order valence-corrected chi connectivity index (χ2v) is 7.06. The summed E-state index contributed by atoms with van der Waals surface area (Å²) in [7, 11) is 0. The molecule has 0 radical (unpaired) electrons. The van der Waals surface area contributed by atoms with E-state index in [1.807, 2.05) is 0 Å². The first-order valence-corrected chi connectivity index (χ1v) is 7.30. The van der Waals surface area contributed by atoms with Crippen LogP contribution in [0, 0.1) is 17.3 Å². The highest BCUT2D eigenvalue weighted by Gasteiger charge is 2.36. The molecule has 0 spiro atoms. The van der Waals surface area contributed by atoms with Crippen LogP contribution in [-0.4, -0.2) is 25.0 Å². The SMILES string of the molecule is CC(C)CNC(=O)CCNC1CC(C)(C)CC1C. The van der Waals surface area contributed by atoms with E-state index in [9.17, 15) is 4.79 Å². The molecule has 3 heteroatoms. The summed E-state index contributed by atoms with van der Waals surface area (Å²) < 4.78 is 0. The van der Waals surface area contributed by atoms with E-state index in [0.717, 1.165) is 19.0 Å². The van der Waals surface area contributed by atoms with Crippen molar-refractivity contribution in [3.63, 3.8) is 0 Å².